The van der Waals surface area contributed by atoms with Gasteiger partial charge < -0.3 is 4.74 Å². The second-order valence-electron chi connectivity index (χ2n) is 3.37. The van der Waals surface area contributed by atoms with E-state index in [-0.39, 0.29) is 15.9 Å². The SMILES string of the molecule is COc1ccc2c(Cl)ncc(C(F)(F)F)c2c1. The lowest BCUT2D eigenvalue weighted by molar-refractivity contribution is -0.136. The highest BCUT2D eigenvalue weighted by Crippen LogP contribution is 2.37. The molecule has 0 saturated heterocycles. The van der Waals surface area contributed by atoms with Gasteiger partial charge in [0.1, 0.15) is 10.9 Å². The number of alkyl halides is 3. The molecule has 0 spiro atoms. The molecule has 6 heteroatoms. The van der Waals surface area contributed by atoms with Crippen molar-refractivity contribution in [1.29, 1.82) is 0 Å². The Morgan fingerprint density at radius 1 is 1.24 bits per heavy atom. The summed E-state index contributed by atoms with van der Waals surface area (Å²) >= 11 is 5.76. The fourth-order valence-corrected chi connectivity index (χ4v) is 1.75. The molecule has 0 radical (unpaired) electrons. The van der Waals surface area contributed by atoms with Gasteiger partial charge in [-0.3, -0.25) is 0 Å². The number of methoxy groups -OCH3 is 1. The minimum Gasteiger partial charge on any atom is -0.497 e. The average molecular weight is 262 g/mol. The van der Waals surface area contributed by atoms with E-state index in [0.29, 0.717) is 5.75 Å². The van der Waals surface area contributed by atoms with Gasteiger partial charge >= 0.3 is 6.18 Å². The van der Waals surface area contributed by atoms with Gasteiger partial charge in [-0.15, -0.1) is 0 Å². The van der Waals surface area contributed by atoms with Gasteiger partial charge in [0.05, 0.1) is 12.7 Å². The maximum absolute atomic E-state index is 12.8. The third kappa shape index (κ3) is 2.15. The summed E-state index contributed by atoms with van der Waals surface area (Å²) in [6, 6.07) is 4.29. The van der Waals surface area contributed by atoms with Crippen LogP contribution in [-0.2, 0) is 6.18 Å². The van der Waals surface area contributed by atoms with Gasteiger partial charge in [0.15, 0.2) is 0 Å². The van der Waals surface area contributed by atoms with E-state index >= 15 is 0 Å². The molecule has 0 atom stereocenters. The van der Waals surface area contributed by atoms with E-state index in [4.69, 9.17) is 16.3 Å². The topological polar surface area (TPSA) is 22.1 Å². The van der Waals surface area contributed by atoms with Crippen molar-refractivity contribution in [1.82, 2.24) is 4.98 Å². The Morgan fingerprint density at radius 2 is 1.94 bits per heavy atom. The van der Waals surface area contributed by atoms with Gasteiger partial charge in [-0.05, 0) is 18.2 Å². The molecule has 1 heterocycles. The van der Waals surface area contributed by atoms with E-state index in [1.807, 2.05) is 0 Å². The number of fused-ring (bicyclic) bond motifs is 1. The third-order valence-corrected chi connectivity index (χ3v) is 2.65. The molecular formula is C11H7ClF3NO. The molecule has 0 unspecified atom stereocenters. The summed E-state index contributed by atoms with van der Waals surface area (Å²) in [5.41, 5.74) is -0.823. The Hall–Kier alpha value is -1.49. The summed E-state index contributed by atoms with van der Waals surface area (Å²) in [4.78, 5) is 3.53. The molecule has 2 aromatic rings. The zero-order chi connectivity index (χ0) is 12.6. The fraction of sp³-hybridized carbons (Fsp3) is 0.182. The molecule has 0 saturated carbocycles. The van der Waals surface area contributed by atoms with Crippen LogP contribution in [0.15, 0.2) is 24.4 Å². The van der Waals surface area contributed by atoms with Crippen molar-refractivity contribution in [2.24, 2.45) is 0 Å². The number of rotatable bonds is 1. The van der Waals surface area contributed by atoms with Crippen LogP contribution < -0.4 is 4.74 Å². The molecule has 0 N–H and O–H groups in total. The van der Waals surface area contributed by atoms with E-state index in [1.165, 1.54) is 25.3 Å². The van der Waals surface area contributed by atoms with Crippen molar-refractivity contribution in [3.05, 3.63) is 35.1 Å². The summed E-state index contributed by atoms with van der Waals surface area (Å²) in [7, 11) is 1.39. The molecule has 0 aliphatic carbocycles. The highest BCUT2D eigenvalue weighted by molar-refractivity contribution is 6.34. The van der Waals surface area contributed by atoms with Crippen LogP contribution in [0.3, 0.4) is 0 Å². The van der Waals surface area contributed by atoms with Crippen LogP contribution in [0.5, 0.6) is 5.75 Å². The van der Waals surface area contributed by atoms with Crippen molar-refractivity contribution in [2.75, 3.05) is 7.11 Å². The lowest BCUT2D eigenvalue weighted by Crippen LogP contribution is -2.06. The highest BCUT2D eigenvalue weighted by Gasteiger charge is 2.33. The largest absolute Gasteiger partial charge is 0.497 e. The van der Waals surface area contributed by atoms with Crippen LogP contribution >= 0.6 is 11.6 Å². The average Bonchev–Trinajstić information content (AvgIpc) is 2.27. The van der Waals surface area contributed by atoms with Crippen LogP contribution in [-0.4, -0.2) is 12.1 Å². The van der Waals surface area contributed by atoms with Gasteiger partial charge in [-0.1, -0.05) is 11.6 Å². The predicted molar refractivity (Wildman–Crippen MR) is 58.3 cm³/mol. The van der Waals surface area contributed by atoms with Crippen molar-refractivity contribution >= 4 is 22.4 Å². The summed E-state index contributed by atoms with van der Waals surface area (Å²) in [5.74, 6) is 0.338. The summed E-state index contributed by atoms with van der Waals surface area (Å²) in [5, 5.41) is 0.273. The number of pyridine rings is 1. The van der Waals surface area contributed by atoms with Crippen LogP contribution in [0, 0.1) is 0 Å². The number of ether oxygens (including phenoxy) is 1. The van der Waals surface area contributed by atoms with Crippen LogP contribution in [0.1, 0.15) is 5.56 Å². The van der Waals surface area contributed by atoms with Gasteiger partial charge in [-0.25, -0.2) is 4.98 Å². The monoisotopic (exact) mass is 261 g/mol. The number of halogens is 4. The van der Waals surface area contributed by atoms with Crippen LogP contribution in [0.4, 0.5) is 13.2 Å². The zero-order valence-electron chi connectivity index (χ0n) is 8.68. The molecule has 0 fully saturated rings. The Balaban J connectivity index is 2.81. The first-order valence-electron chi connectivity index (χ1n) is 4.63. The molecule has 90 valence electrons. The molecular weight excluding hydrogens is 255 g/mol. The minimum absolute atomic E-state index is 0.0168. The molecule has 2 nitrogen and oxygen atoms in total. The van der Waals surface area contributed by atoms with Crippen molar-refractivity contribution in [3.63, 3.8) is 0 Å². The second-order valence-corrected chi connectivity index (χ2v) is 3.73. The predicted octanol–water partition coefficient (Wildman–Crippen LogP) is 3.92. The smallest absolute Gasteiger partial charge is 0.418 e. The maximum Gasteiger partial charge on any atom is 0.418 e. The second kappa shape index (κ2) is 4.07. The molecule has 1 aromatic heterocycles. The maximum atomic E-state index is 12.8. The lowest BCUT2D eigenvalue weighted by Gasteiger charge is -2.11. The lowest BCUT2D eigenvalue weighted by atomic mass is 10.1. The molecule has 1 aromatic carbocycles. The van der Waals surface area contributed by atoms with Crippen molar-refractivity contribution in [2.45, 2.75) is 6.18 Å². The Kier molecular flexibility index (Phi) is 2.87. The highest BCUT2D eigenvalue weighted by atomic mass is 35.5. The molecule has 17 heavy (non-hydrogen) atoms. The Labute approximate surface area is 100.0 Å². The summed E-state index contributed by atoms with van der Waals surface area (Å²) < 4.78 is 43.2. The van der Waals surface area contributed by atoms with Gasteiger partial charge in [0, 0.05) is 17.0 Å². The minimum atomic E-state index is -4.47. The van der Waals surface area contributed by atoms with E-state index < -0.39 is 11.7 Å². The zero-order valence-corrected chi connectivity index (χ0v) is 9.43. The first-order valence-corrected chi connectivity index (χ1v) is 5.00. The molecule has 0 aliphatic heterocycles. The molecule has 0 aliphatic rings. The Morgan fingerprint density at radius 3 is 2.53 bits per heavy atom. The number of benzene rings is 1. The van der Waals surface area contributed by atoms with E-state index in [2.05, 4.69) is 4.98 Å². The summed E-state index contributed by atoms with van der Waals surface area (Å²) in [6.07, 6.45) is -3.74. The van der Waals surface area contributed by atoms with Gasteiger partial charge in [-0.2, -0.15) is 13.2 Å². The van der Waals surface area contributed by atoms with Crippen molar-refractivity contribution < 1.29 is 17.9 Å². The molecule has 0 bridgehead atoms. The standard InChI is InChI=1S/C11H7ClF3NO/c1-17-6-2-3-7-8(4-6)9(11(13,14)15)5-16-10(7)12/h2-5H,1H3. The fourth-order valence-electron chi connectivity index (χ4n) is 1.54. The number of aromatic nitrogens is 1. The molecule has 0 amide bonds. The van der Waals surface area contributed by atoms with Crippen molar-refractivity contribution in [3.8, 4) is 5.75 Å². The van der Waals surface area contributed by atoms with Crippen LogP contribution in [0.2, 0.25) is 5.15 Å². The van der Waals surface area contributed by atoms with Crippen LogP contribution in [0.25, 0.3) is 10.8 Å². The number of hydrogen-bond donors (Lipinski definition) is 0. The summed E-state index contributed by atoms with van der Waals surface area (Å²) in [6.45, 7) is 0. The number of hydrogen-bond acceptors (Lipinski definition) is 2. The first-order chi connectivity index (χ1) is 7.93. The Bertz CT molecular complexity index is 568. The van der Waals surface area contributed by atoms with E-state index in [0.717, 1.165) is 6.20 Å². The van der Waals surface area contributed by atoms with Gasteiger partial charge in [0.25, 0.3) is 0 Å². The van der Waals surface area contributed by atoms with Gasteiger partial charge in [0.2, 0.25) is 0 Å². The van der Waals surface area contributed by atoms with E-state index in [1.54, 1.807) is 0 Å². The quantitative estimate of drug-likeness (QED) is 0.726. The first kappa shape index (κ1) is 12.0. The third-order valence-electron chi connectivity index (χ3n) is 2.35. The molecule has 2 rings (SSSR count). The number of nitrogens with zero attached hydrogens (tertiary/aromatic N) is 1. The normalized spacial score (nSPS) is 11.8. The van der Waals surface area contributed by atoms with E-state index in [9.17, 15) is 13.2 Å².